The second-order valence-corrected chi connectivity index (χ2v) is 8.82. The highest BCUT2D eigenvalue weighted by Crippen LogP contribution is 2.21. The summed E-state index contributed by atoms with van der Waals surface area (Å²) in [5, 5.41) is 7.78. The third kappa shape index (κ3) is 5.40. The van der Waals surface area contributed by atoms with E-state index in [9.17, 15) is 14.0 Å². The van der Waals surface area contributed by atoms with E-state index in [0.29, 0.717) is 28.5 Å². The zero-order chi connectivity index (χ0) is 24.1. The second-order valence-electron chi connectivity index (χ2n) is 7.54. The van der Waals surface area contributed by atoms with Crippen molar-refractivity contribution in [1.82, 2.24) is 19.7 Å². The van der Waals surface area contributed by atoms with Gasteiger partial charge in [0.15, 0.2) is 5.82 Å². The zero-order valence-corrected chi connectivity index (χ0v) is 19.9. The molecule has 6 nitrogen and oxygen atoms in total. The quantitative estimate of drug-likeness (QED) is 0.362. The topological polar surface area (TPSA) is 68.9 Å². The lowest BCUT2D eigenvalue weighted by Gasteiger charge is -2.08. The minimum atomic E-state index is -0.507. The number of amides is 1. The van der Waals surface area contributed by atoms with Crippen molar-refractivity contribution in [2.45, 2.75) is 24.5 Å². The Morgan fingerprint density at radius 3 is 2.41 bits per heavy atom. The van der Waals surface area contributed by atoms with Gasteiger partial charge < -0.3 is 5.32 Å². The SMILES string of the molecule is CSc1ccccc1CNC(=O)Cn1nc(-c2ccc(Cl)cc2)n(Cc2ccccc2F)c1=O. The number of hydrogen-bond acceptors (Lipinski definition) is 4. The molecule has 0 atom stereocenters. The molecule has 4 aromatic rings. The molecule has 0 fully saturated rings. The molecule has 34 heavy (non-hydrogen) atoms. The maximum atomic E-state index is 14.3. The van der Waals surface area contributed by atoms with E-state index in [2.05, 4.69) is 10.4 Å². The van der Waals surface area contributed by atoms with E-state index < -0.39 is 11.5 Å². The molecule has 0 aliphatic carbocycles. The van der Waals surface area contributed by atoms with Gasteiger partial charge >= 0.3 is 5.69 Å². The van der Waals surface area contributed by atoms with Crippen LogP contribution < -0.4 is 11.0 Å². The van der Waals surface area contributed by atoms with E-state index >= 15 is 0 Å². The monoisotopic (exact) mass is 496 g/mol. The maximum absolute atomic E-state index is 14.3. The lowest BCUT2D eigenvalue weighted by atomic mass is 10.2. The van der Waals surface area contributed by atoms with Gasteiger partial charge in [0.2, 0.25) is 5.91 Å². The van der Waals surface area contributed by atoms with Gasteiger partial charge in [0, 0.05) is 27.6 Å². The van der Waals surface area contributed by atoms with Crippen molar-refractivity contribution in [2.24, 2.45) is 0 Å². The van der Waals surface area contributed by atoms with Crippen LogP contribution in [0.4, 0.5) is 4.39 Å². The molecule has 0 bridgehead atoms. The number of carbonyl (C=O) groups is 1. The van der Waals surface area contributed by atoms with Crippen LogP contribution in [-0.4, -0.2) is 26.5 Å². The summed E-state index contributed by atoms with van der Waals surface area (Å²) in [6.07, 6.45) is 1.97. The number of nitrogens with zero attached hydrogens (tertiary/aromatic N) is 3. The first-order valence-electron chi connectivity index (χ1n) is 10.5. The number of nitrogens with one attached hydrogen (secondary N) is 1. The molecule has 0 aliphatic rings. The third-order valence-electron chi connectivity index (χ3n) is 5.27. The van der Waals surface area contributed by atoms with Crippen LogP contribution in [0.15, 0.2) is 82.5 Å². The van der Waals surface area contributed by atoms with Crippen LogP contribution in [0.3, 0.4) is 0 Å². The van der Waals surface area contributed by atoms with Crippen molar-refractivity contribution in [3.8, 4) is 11.4 Å². The average Bonchev–Trinajstić information content (AvgIpc) is 3.14. The number of aromatic nitrogens is 3. The summed E-state index contributed by atoms with van der Waals surface area (Å²) in [6.45, 7) is 0.0574. The summed E-state index contributed by atoms with van der Waals surface area (Å²) in [5.74, 6) is -0.448. The molecule has 1 aromatic heterocycles. The van der Waals surface area contributed by atoms with Crippen LogP contribution in [0.1, 0.15) is 11.1 Å². The lowest BCUT2D eigenvalue weighted by molar-refractivity contribution is -0.122. The van der Waals surface area contributed by atoms with Gasteiger partial charge in [-0.1, -0.05) is 48.0 Å². The minimum absolute atomic E-state index is 0.0216. The van der Waals surface area contributed by atoms with Crippen molar-refractivity contribution in [1.29, 1.82) is 0 Å². The van der Waals surface area contributed by atoms with E-state index in [1.54, 1.807) is 54.2 Å². The molecule has 1 heterocycles. The summed E-state index contributed by atoms with van der Waals surface area (Å²) in [4.78, 5) is 26.9. The van der Waals surface area contributed by atoms with Crippen LogP contribution in [0.5, 0.6) is 0 Å². The second kappa shape index (κ2) is 10.7. The number of benzene rings is 3. The van der Waals surface area contributed by atoms with Crippen LogP contribution in [-0.2, 0) is 24.4 Å². The van der Waals surface area contributed by atoms with E-state index in [-0.39, 0.29) is 19.0 Å². The smallest absolute Gasteiger partial charge is 0.347 e. The predicted octanol–water partition coefficient (Wildman–Crippen LogP) is 4.59. The van der Waals surface area contributed by atoms with E-state index in [1.807, 2.05) is 30.5 Å². The summed E-state index contributed by atoms with van der Waals surface area (Å²) in [7, 11) is 0. The minimum Gasteiger partial charge on any atom is -0.350 e. The van der Waals surface area contributed by atoms with E-state index in [1.165, 1.54) is 10.6 Å². The largest absolute Gasteiger partial charge is 0.350 e. The van der Waals surface area contributed by atoms with Crippen LogP contribution in [0.25, 0.3) is 11.4 Å². The summed E-state index contributed by atoms with van der Waals surface area (Å²) in [5.41, 5.74) is 1.46. The first kappa shape index (κ1) is 23.8. The molecule has 0 radical (unpaired) electrons. The van der Waals surface area contributed by atoms with Crippen LogP contribution in [0.2, 0.25) is 5.02 Å². The van der Waals surface area contributed by atoms with Crippen molar-refractivity contribution in [3.05, 3.63) is 105 Å². The third-order valence-corrected chi connectivity index (χ3v) is 6.36. The fourth-order valence-corrected chi connectivity index (χ4v) is 4.27. The molecule has 0 saturated heterocycles. The van der Waals surface area contributed by atoms with E-state index in [4.69, 9.17) is 11.6 Å². The molecule has 0 saturated carbocycles. The fourth-order valence-electron chi connectivity index (χ4n) is 3.53. The summed E-state index contributed by atoms with van der Waals surface area (Å²) >= 11 is 7.60. The number of hydrogen-bond donors (Lipinski definition) is 1. The van der Waals surface area contributed by atoms with Gasteiger partial charge in [0.05, 0.1) is 6.54 Å². The predicted molar refractivity (Wildman–Crippen MR) is 133 cm³/mol. The Hall–Kier alpha value is -3.36. The van der Waals surface area contributed by atoms with Crippen molar-refractivity contribution >= 4 is 29.3 Å². The van der Waals surface area contributed by atoms with Crippen LogP contribution >= 0.6 is 23.4 Å². The number of rotatable bonds is 8. The Labute approximate surface area is 205 Å². The molecule has 9 heteroatoms. The molecule has 1 amide bonds. The summed E-state index contributed by atoms with van der Waals surface area (Å²) in [6, 6.07) is 20.9. The van der Waals surface area contributed by atoms with Gasteiger partial charge in [-0.3, -0.25) is 9.36 Å². The molecule has 0 spiro atoms. The first-order valence-corrected chi connectivity index (χ1v) is 12.1. The maximum Gasteiger partial charge on any atom is 0.347 e. The van der Waals surface area contributed by atoms with Crippen molar-refractivity contribution in [3.63, 3.8) is 0 Å². The van der Waals surface area contributed by atoms with Gasteiger partial charge in [-0.05, 0) is 48.2 Å². The Bertz CT molecular complexity index is 1370. The number of halogens is 2. The Balaban J connectivity index is 1.61. The van der Waals surface area contributed by atoms with Gasteiger partial charge in [-0.15, -0.1) is 16.9 Å². The normalized spacial score (nSPS) is 10.9. The highest BCUT2D eigenvalue weighted by molar-refractivity contribution is 7.98. The highest BCUT2D eigenvalue weighted by Gasteiger charge is 2.18. The number of thioether (sulfide) groups is 1. The highest BCUT2D eigenvalue weighted by atomic mass is 35.5. The molecule has 174 valence electrons. The molecule has 1 N–H and O–H groups in total. The Morgan fingerprint density at radius 1 is 1.03 bits per heavy atom. The molecular weight excluding hydrogens is 475 g/mol. The van der Waals surface area contributed by atoms with E-state index in [0.717, 1.165) is 15.1 Å². The van der Waals surface area contributed by atoms with Crippen LogP contribution in [0, 0.1) is 5.82 Å². The summed E-state index contributed by atoms with van der Waals surface area (Å²) < 4.78 is 16.8. The lowest BCUT2D eigenvalue weighted by Crippen LogP contribution is -2.33. The molecule has 0 aliphatic heterocycles. The zero-order valence-electron chi connectivity index (χ0n) is 18.4. The standard InChI is InChI=1S/C25H22ClFN4O2S/c1-34-22-9-5-3-6-18(22)14-28-23(32)16-31-25(33)30(15-19-7-2-4-8-21(19)27)24(29-31)17-10-12-20(26)13-11-17/h2-13H,14-16H2,1H3,(H,28,32). The van der Waals surface area contributed by atoms with Gasteiger partial charge in [-0.2, -0.15) is 0 Å². The van der Waals surface area contributed by atoms with Gasteiger partial charge in [0.1, 0.15) is 12.4 Å². The van der Waals surface area contributed by atoms with Crippen molar-refractivity contribution < 1.29 is 9.18 Å². The Kier molecular flexibility index (Phi) is 7.49. The Morgan fingerprint density at radius 2 is 1.71 bits per heavy atom. The van der Waals surface area contributed by atoms with Gasteiger partial charge in [0.25, 0.3) is 0 Å². The molecular formula is C25H22ClFN4O2S. The fraction of sp³-hybridized carbons (Fsp3) is 0.160. The van der Waals surface area contributed by atoms with Gasteiger partial charge in [-0.25, -0.2) is 13.9 Å². The molecule has 0 unspecified atom stereocenters. The molecule has 4 rings (SSSR count). The average molecular weight is 497 g/mol. The van der Waals surface area contributed by atoms with Crippen molar-refractivity contribution in [2.75, 3.05) is 6.26 Å². The number of carbonyl (C=O) groups excluding carboxylic acids is 1. The first-order chi connectivity index (χ1) is 16.5. The molecule has 3 aromatic carbocycles.